The highest BCUT2D eigenvalue weighted by atomic mass is 19.4. The van der Waals surface area contributed by atoms with Gasteiger partial charge in [0.15, 0.2) is 5.78 Å². The number of Topliss-reactive ketones (excluding diaryl/α,β-unsaturated/α-hetero) is 1. The average Bonchev–Trinajstić information content (AvgIpc) is 3.56. The van der Waals surface area contributed by atoms with E-state index in [1.807, 2.05) is 67.6 Å². The van der Waals surface area contributed by atoms with E-state index >= 15 is 0 Å². The topological polar surface area (TPSA) is 108 Å². The number of benzene rings is 3. The third-order valence-corrected chi connectivity index (χ3v) is 10.6. The number of hydrogen-bond acceptors (Lipinski definition) is 7. The highest BCUT2D eigenvalue weighted by Gasteiger charge is 2.45. The van der Waals surface area contributed by atoms with Crippen molar-refractivity contribution in [3.8, 4) is 11.3 Å². The molecule has 0 radical (unpaired) electrons. The molecule has 2 fully saturated rings. The third-order valence-electron chi connectivity index (χ3n) is 10.6. The molecule has 2 aromatic heterocycles. The fourth-order valence-corrected chi connectivity index (χ4v) is 7.32. The molecule has 3 aliphatic rings. The number of alkyl halides is 3. The molecule has 2 saturated heterocycles. The van der Waals surface area contributed by atoms with Crippen LogP contribution < -0.4 is 15.1 Å². The second kappa shape index (κ2) is 17.3. The van der Waals surface area contributed by atoms with E-state index in [9.17, 15) is 36.3 Å². The van der Waals surface area contributed by atoms with E-state index in [2.05, 4.69) is 14.9 Å². The third kappa shape index (κ3) is 9.45. The van der Waals surface area contributed by atoms with Crippen LogP contribution in [0.1, 0.15) is 73.2 Å². The molecule has 0 saturated carbocycles. The largest absolute Gasteiger partial charge is 0.418 e. The number of amides is 1. The highest BCUT2D eigenvalue weighted by Crippen LogP contribution is 2.43. The van der Waals surface area contributed by atoms with E-state index in [0.29, 0.717) is 41.4 Å². The van der Waals surface area contributed by atoms with Crippen LogP contribution in [0.4, 0.5) is 39.1 Å². The molecule has 1 spiro atoms. The molecule has 3 aromatic carbocycles. The molecular formula is C44H44F5N5O4. The van der Waals surface area contributed by atoms with Crippen LogP contribution in [0.2, 0.25) is 0 Å². The molecular weight excluding hydrogens is 758 g/mol. The first-order valence-electron chi connectivity index (χ1n) is 18.8. The Morgan fingerprint density at radius 2 is 1.66 bits per heavy atom. The smallest absolute Gasteiger partial charge is 0.381 e. The van der Waals surface area contributed by atoms with Gasteiger partial charge in [-0.15, -0.1) is 0 Å². The Morgan fingerprint density at radius 3 is 2.31 bits per heavy atom. The number of anilines is 3. The van der Waals surface area contributed by atoms with Gasteiger partial charge in [-0.1, -0.05) is 35.9 Å². The molecule has 5 heterocycles. The number of carbonyl (C=O) groups excluding carboxylic acids is 3. The van der Waals surface area contributed by atoms with Gasteiger partial charge in [0.05, 0.1) is 22.5 Å². The van der Waals surface area contributed by atoms with E-state index in [4.69, 9.17) is 4.74 Å². The van der Waals surface area contributed by atoms with Crippen LogP contribution in [0, 0.1) is 30.9 Å². The van der Waals surface area contributed by atoms with E-state index in [1.54, 1.807) is 13.0 Å². The molecule has 0 aliphatic carbocycles. The van der Waals surface area contributed by atoms with Crippen LogP contribution in [-0.4, -0.2) is 67.8 Å². The molecule has 14 heteroatoms. The lowest BCUT2D eigenvalue weighted by molar-refractivity contribution is -0.137. The fourth-order valence-electron chi connectivity index (χ4n) is 7.32. The van der Waals surface area contributed by atoms with Gasteiger partial charge in [0.1, 0.15) is 29.4 Å². The molecule has 9 nitrogen and oxygen atoms in total. The molecule has 0 unspecified atom stereocenters. The number of rotatable bonds is 5. The normalized spacial score (nSPS) is 15.3. The number of aromatic nitrogens is 2. The predicted molar refractivity (Wildman–Crippen MR) is 213 cm³/mol. The highest BCUT2D eigenvalue weighted by molar-refractivity contribution is 6.04. The Bertz CT molecular complexity index is 2290. The lowest BCUT2D eigenvalue weighted by Crippen LogP contribution is -2.59. The molecule has 5 aromatic rings. The molecule has 1 amide bonds. The molecule has 304 valence electrons. The van der Waals surface area contributed by atoms with Crippen molar-refractivity contribution in [2.45, 2.75) is 46.2 Å². The standard InChI is InChI=1S/C21H16F5N3O.C15H20N2O2.C8H8O/c1-29-8-7-11-9-16(27-18(11)13-6-5-12(22)10-17(13)29)20(30)28-19-14(21(24,25)26)3-2-4-15(19)23;1-11-7-13(12(2)18)14(16-8-11)17-9-15(10-17)3-5-19-6-4-15;1-7-2-4-8(6-9)5-3-7/h2-6,9-10,27H,7-8H2,1H3,(H,28,30);7-8H,3-6,9-10H2,1-2H3;2-6H,1H3. The fraction of sp³-hybridized carbons (Fsp3) is 0.318. The lowest BCUT2D eigenvalue weighted by atomic mass is 9.73. The number of halogens is 5. The summed E-state index contributed by atoms with van der Waals surface area (Å²) in [7, 11) is 1.81. The molecule has 2 N–H and O–H groups in total. The first-order valence-corrected chi connectivity index (χ1v) is 18.8. The lowest BCUT2D eigenvalue weighted by Gasteiger charge is -2.53. The van der Waals surface area contributed by atoms with Crippen LogP contribution in [0.3, 0.4) is 0 Å². The summed E-state index contributed by atoms with van der Waals surface area (Å²) in [5, 5.41) is 2.03. The van der Waals surface area contributed by atoms with Gasteiger partial charge in [-0.2, -0.15) is 13.2 Å². The second-order valence-corrected chi connectivity index (χ2v) is 15.0. The number of nitrogens with zero attached hydrogens (tertiary/aromatic N) is 3. The zero-order valence-corrected chi connectivity index (χ0v) is 32.6. The summed E-state index contributed by atoms with van der Waals surface area (Å²) in [5.74, 6) is -1.55. The van der Waals surface area contributed by atoms with Gasteiger partial charge >= 0.3 is 6.18 Å². The van der Waals surface area contributed by atoms with Gasteiger partial charge in [-0.3, -0.25) is 14.4 Å². The monoisotopic (exact) mass is 801 g/mol. The van der Waals surface area contributed by atoms with E-state index in [0.717, 1.165) is 85.6 Å². The number of H-pyrrole nitrogens is 1. The van der Waals surface area contributed by atoms with Gasteiger partial charge in [0.2, 0.25) is 0 Å². The van der Waals surface area contributed by atoms with E-state index < -0.39 is 35.0 Å². The first-order chi connectivity index (χ1) is 27.6. The Kier molecular flexibility index (Phi) is 12.5. The summed E-state index contributed by atoms with van der Waals surface area (Å²) in [6.45, 7) is 9.88. The Labute approximate surface area is 333 Å². The van der Waals surface area contributed by atoms with E-state index in [1.165, 1.54) is 23.8 Å². The number of pyridine rings is 1. The van der Waals surface area contributed by atoms with Crippen molar-refractivity contribution in [1.82, 2.24) is 9.97 Å². The van der Waals surface area contributed by atoms with Crippen molar-refractivity contribution in [3.63, 3.8) is 0 Å². The number of aldehydes is 1. The molecule has 58 heavy (non-hydrogen) atoms. The summed E-state index contributed by atoms with van der Waals surface area (Å²) >= 11 is 0. The van der Waals surface area contributed by atoms with E-state index in [-0.39, 0.29) is 11.5 Å². The number of hydrogen-bond donors (Lipinski definition) is 2. The summed E-state index contributed by atoms with van der Waals surface area (Å²) in [4.78, 5) is 46.0. The van der Waals surface area contributed by atoms with Crippen molar-refractivity contribution in [3.05, 3.63) is 130 Å². The minimum atomic E-state index is -4.83. The van der Waals surface area contributed by atoms with Gasteiger partial charge in [0.25, 0.3) is 5.91 Å². The number of likely N-dealkylation sites (N-methyl/N-ethyl adjacent to an activating group) is 1. The summed E-state index contributed by atoms with van der Waals surface area (Å²) in [6.07, 6.45) is 0.649. The number of aromatic amines is 1. The molecule has 8 rings (SSSR count). The van der Waals surface area contributed by atoms with Gasteiger partial charge in [-0.05, 0) is 93.6 Å². The predicted octanol–water partition coefficient (Wildman–Crippen LogP) is 9.24. The van der Waals surface area contributed by atoms with Crippen molar-refractivity contribution in [2.24, 2.45) is 5.41 Å². The maximum atomic E-state index is 14.0. The summed E-state index contributed by atoms with van der Waals surface area (Å²) < 4.78 is 72.7. The van der Waals surface area contributed by atoms with Crippen molar-refractivity contribution in [2.75, 3.05) is 55.0 Å². The number of para-hydroxylation sites is 1. The van der Waals surface area contributed by atoms with Crippen LogP contribution >= 0.6 is 0 Å². The summed E-state index contributed by atoms with van der Waals surface area (Å²) in [5.41, 5.74) is 4.50. The van der Waals surface area contributed by atoms with Crippen LogP contribution in [0.5, 0.6) is 0 Å². The molecule has 0 atom stereocenters. The Hall–Kier alpha value is -5.89. The van der Waals surface area contributed by atoms with Crippen molar-refractivity contribution in [1.29, 1.82) is 0 Å². The number of aryl methyl sites for hydroxylation is 2. The summed E-state index contributed by atoms with van der Waals surface area (Å²) in [6, 6.07) is 17.6. The average molecular weight is 802 g/mol. The number of fused-ring (bicyclic) bond motifs is 3. The number of carbonyl (C=O) groups is 3. The second-order valence-electron chi connectivity index (χ2n) is 15.0. The van der Waals surface area contributed by atoms with Gasteiger partial charge < -0.3 is 24.8 Å². The van der Waals surface area contributed by atoms with Crippen molar-refractivity contribution < 1.29 is 41.1 Å². The SMILES string of the molecule is CC(=O)c1cc(C)cnc1N1CC2(CCOCC2)C1.CN1CCc2cc(C(=O)Nc3c(F)cccc3C(F)(F)F)[nH]c2-c2ccc(F)cc21.Cc1ccc(C=O)cc1. The zero-order chi connectivity index (χ0) is 41.8. The minimum Gasteiger partial charge on any atom is -0.381 e. The molecule has 0 bridgehead atoms. The Morgan fingerprint density at radius 1 is 0.948 bits per heavy atom. The quantitative estimate of drug-likeness (QED) is 0.104. The number of nitrogens with one attached hydrogen (secondary N) is 2. The molecule has 3 aliphatic heterocycles. The minimum absolute atomic E-state index is 0.0174. The van der Waals surface area contributed by atoms with Gasteiger partial charge in [-0.25, -0.2) is 13.8 Å². The van der Waals surface area contributed by atoms with Crippen LogP contribution in [-0.2, 0) is 17.3 Å². The Balaban J connectivity index is 0.000000171. The maximum absolute atomic E-state index is 14.0. The zero-order valence-electron chi connectivity index (χ0n) is 32.6. The van der Waals surface area contributed by atoms with Crippen molar-refractivity contribution >= 4 is 35.2 Å². The van der Waals surface area contributed by atoms with Gasteiger partial charge in [0, 0.05) is 68.3 Å². The number of ether oxygens (including phenoxy) is 1. The number of ketones is 1. The van der Waals surface area contributed by atoms with Crippen LogP contribution in [0.25, 0.3) is 11.3 Å². The first kappa shape index (κ1) is 41.7. The van der Waals surface area contributed by atoms with Crippen LogP contribution in [0.15, 0.2) is 79.0 Å². The maximum Gasteiger partial charge on any atom is 0.418 e.